The van der Waals surface area contributed by atoms with Gasteiger partial charge in [0.05, 0.1) is 19.3 Å². The Morgan fingerprint density at radius 1 is 1.46 bits per heavy atom. The minimum absolute atomic E-state index is 0. The molecule has 1 atom stereocenters. The number of hydrogen-bond acceptors (Lipinski definition) is 4. The number of aliphatic hydroxyl groups is 1. The smallest absolute Gasteiger partial charge is 0.0933 e. The van der Waals surface area contributed by atoms with Crippen LogP contribution in [0.15, 0.2) is 0 Å². The van der Waals surface area contributed by atoms with E-state index in [0.717, 1.165) is 32.8 Å². The zero-order valence-corrected chi connectivity index (χ0v) is 8.42. The molecule has 2 aliphatic rings. The van der Waals surface area contributed by atoms with Crippen molar-refractivity contribution >= 4 is 12.4 Å². The first-order valence-electron chi connectivity index (χ1n) is 4.57. The second-order valence-electron chi connectivity index (χ2n) is 3.48. The summed E-state index contributed by atoms with van der Waals surface area (Å²) < 4.78 is 5.36. The largest absolute Gasteiger partial charge is 0.394 e. The maximum atomic E-state index is 8.91. The van der Waals surface area contributed by atoms with E-state index in [-0.39, 0.29) is 25.1 Å². The first-order valence-corrected chi connectivity index (χ1v) is 4.57. The van der Waals surface area contributed by atoms with Crippen molar-refractivity contribution in [3.8, 4) is 0 Å². The lowest BCUT2D eigenvalue weighted by atomic mass is 10.1. The molecule has 0 bridgehead atoms. The quantitative estimate of drug-likeness (QED) is 0.616. The second-order valence-corrected chi connectivity index (χ2v) is 3.48. The van der Waals surface area contributed by atoms with Crippen molar-refractivity contribution in [1.82, 2.24) is 10.2 Å². The van der Waals surface area contributed by atoms with Crippen LogP contribution in [0.5, 0.6) is 0 Å². The molecule has 4 nitrogen and oxygen atoms in total. The standard InChI is InChI=1S/C8H16N2O2.ClH/c11-6-8-5-10(1-2-12-8)7-3-9-4-7;/h7-9,11H,1-6H2;1H/t8-;/m0./s1. The zero-order chi connectivity index (χ0) is 8.39. The minimum Gasteiger partial charge on any atom is -0.394 e. The van der Waals surface area contributed by atoms with E-state index in [0.29, 0.717) is 6.04 Å². The van der Waals surface area contributed by atoms with E-state index in [1.54, 1.807) is 0 Å². The predicted molar refractivity (Wildman–Crippen MR) is 52.3 cm³/mol. The van der Waals surface area contributed by atoms with Crippen molar-refractivity contribution in [3.05, 3.63) is 0 Å². The molecule has 0 amide bonds. The van der Waals surface area contributed by atoms with Gasteiger partial charge in [0.1, 0.15) is 0 Å². The van der Waals surface area contributed by atoms with Gasteiger partial charge in [0.2, 0.25) is 0 Å². The topological polar surface area (TPSA) is 44.7 Å². The van der Waals surface area contributed by atoms with E-state index in [1.807, 2.05) is 0 Å². The molecule has 5 heteroatoms. The average Bonchev–Trinajstić information content (AvgIpc) is 2.02. The van der Waals surface area contributed by atoms with Gasteiger partial charge in [0, 0.05) is 32.2 Å². The molecule has 0 spiro atoms. The number of rotatable bonds is 2. The second kappa shape index (κ2) is 5.12. The van der Waals surface area contributed by atoms with Gasteiger partial charge in [-0.05, 0) is 0 Å². The summed E-state index contributed by atoms with van der Waals surface area (Å²) >= 11 is 0. The van der Waals surface area contributed by atoms with Gasteiger partial charge in [-0.1, -0.05) is 0 Å². The molecule has 2 saturated heterocycles. The van der Waals surface area contributed by atoms with Crippen molar-refractivity contribution in [2.75, 3.05) is 39.4 Å². The first-order chi connectivity index (χ1) is 5.90. The van der Waals surface area contributed by atoms with E-state index in [1.165, 1.54) is 0 Å². The summed E-state index contributed by atoms with van der Waals surface area (Å²) in [5.74, 6) is 0. The summed E-state index contributed by atoms with van der Waals surface area (Å²) in [6.07, 6.45) is 0.0411. The van der Waals surface area contributed by atoms with Gasteiger partial charge in [-0.2, -0.15) is 0 Å². The van der Waals surface area contributed by atoms with E-state index >= 15 is 0 Å². The Morgan fingerprint density at radius 3 is 2.77 bits per heavy atom. The van der Waals surface area contributed by atoms with Crippen molar-refractivity contribution in [2.24, 2.45) is 0 Å². The third-order valence-electron chi connectivity index (χ3n) is 2.65. The van der Waals surface area contributed by atoms with Crippen LogP contribution >= 0.6 is 12.4 Å². The van der Waals surface area contributed by atoms with Gasteiger partial charge in [0.15, 0.2) is 0 Å². The monoisotopic (exact) mass is 208 g/mol. The van der Waals surface area contributed by atoms with Gasteiger partial charge < -0.3 is 15.2 Å². The maximum absolute atomic E-state index is 8.91. The number of halogens is 1. The molecule has 2 heterocycles. The molecule has 0 aromatic carbocycles. The Morgan fingerprint density at radius 2 is 2.23 bits per heavy atom. The number of morpholine rings is 1. The number of hydrogen-bond donors (Lipinski definition) is 2. The van der Waals surface area contributed by atoms with Gasteiger partial charge >= 0.3 is 0 Å². The van der Waals surface area contributed by atoms with E-state index in [4.69, 9.17) is 9.84 Å². The molecule has 0 saturated carbocycles. The molecular formula is C8H17ClN2O2. The molecular weight excluding hydrogens is 192 g/mol. The molecule has 2 N–H and O–H groups in total. The molecule has 0 aliphatic carbocycles. The molecule has 2 rings (SSSR count). The van der Waals surface area contributed by atoms with Crippen molar-refractivity contribution in [3.63, 3.8) is 0 Å². The minimum atomic E-state index is 0. The first kappa shape index (κ1) is 11.2. The SMILES string of the molecule is Cl.OC[C@@H]1CN(C2CNC2)CCO1. The summed E-state index contributed by atoms with van der Waals surface area (Å²) in [7, 11) is 0. The highest BCUT2D eigenvalue weighted by atomic mass is 35.5. The van der Waals surface area contributed by atoms with Crippen molar-refractivity contribution in [2.45, 2.75) is 12.1 Å². The van der Waals surface area contributed by atoms with Crippen LogP contribution in [0.2, 0.25) is 0 Å². The summed E-state index contributed by atoms with van der Waals surface area (Å²) in [6.45, 7) is 5.01. The van der Waals surface area contributed by atoms with Gasteiger partial charge in [-0.15, -0.1) is 12.4 Å². The Bertz CT molecular complexity index is 155. The van der Waals surface area contributed by atoms with Crippen molar-refractivity contribution < 1.29 is 9.84 Å². The molecule has 0 unspecified atom stereocenters. The summed E-state index contributed by atoms with van der Waals surface area (Å²) in [4.78, 5) is 2.40. The van der Waals surface area contributed by atoms with Crippen LogP contribution < -0.4 is 5.32 Å². The average molecular weight is 209 g/mol. The summed E-state index contributed by atoms with van der Waals surface area (Å²) in [5.41, 5.74) is 0. The van der Waals surface area contributed by atoms with E-state index in [2.05, 4.69) is 10.2 Å². The number of nitrogens with zero attached hydrogens (tertiary/aromatic N) is 1. The fourth-order valence-corrected chi connectivity index (χ4v) is 1.72. The Hall–Kier alpha value is 0.130. The zero-order valence-electron chi connectivity index (χ0n) is 7.61. The highest BCUT2D eigenvalue weighted by Crippen LogP contribution is 2.11. The van der Waals surface area contributed by atoms with Crippen LogP contribution in [0.25, 0.3) is 0 Å². The Balaban J connectivity index is 0.000000845. The number of aliphatic hydroxyl groups excluding tert-OH is 1. The normalized spacial score (nSPS) is 30.7. The summed E-state index contributed by atoms with van der Waals surface area (Å²) in [6, 6.07) is 0.683. The molecule has 2 aliphatic heterocycles. The third kappa shape index (κ3) is 2.54. The van der Waals surface area contributed by atoms with Crippen LogP contribution in [-0.2, 0) is 4.74 Å². The van der Waals surface area contributed by atoms with Crippen LogP contribution in [0.1, 0.15) is 0 Å². The number of nitrogens with one attached hydrogen (secondary N) is 1. The van der Waals surface area contributed by atoms with Crippen LogP contribution in [0, 0.1) is 0 Å². The summed E-state index contributed by atoms with van der Waals surface area (Å²) in [5, 5.41) is 12.2. The van der Waals surface area contributed by atoms with E-state index in [9.17, 15) is 0 Å². The lowest BCUT2D eigenvalue weighted by Crippen LogP contribution is -2.61. The highest BCUT2D eigenvalue weighted by Gasteiger charge is 2.29. The molecule has 0 aromatic rings. The van der Waals surface area contributed by atoms with Gasteiger partial charge in [0.25, 0.3) is 0 Å². The Kier molecular flexibility index (Phi) is 4.41. The van der Waals surface area contributed by atoms with Crippen LogP contribution in [0.4, 0.5) is 0 Å². The highest BCUT2D eigenvalue weighted by molar-refractivity contribution is 5.85. The van der Waals surface area contributed by atoms with Crippen molar-refractivity contribution in [1.29, 1.82) is 0 Å². The van der Waals surface area contributed by atoms with Crippen LogP contribution in [0.3, 0.4) is 0 Å². The molecule has 78 valence electrons. The molecule has 0 aromatic heterocycles. The molecule has 2 fully saturated rings. The fourth-order valence-electron chi connectivity index (χ4n) is 1.72. The van der Waals surface area contributed by atoms with E-state index < -0.39 is 0 Å². The number of ether oxygens (including phenoxy) is 1. The predicted octanol–water partition coefficient (Wildman–Crippen LogP) is -0.927. The Labute approximate surface area is 84.7 Å². The van der Waals surface area contributed by atoms with Gasteiger partial charge in [-0.3, -0.25) is 4.90 Å². The molecule has 13 heavy (non-hydrogen) atoms. The van der Waals surface area contributed by atoms with Gasteiger partial charge in [-0.25, -0.2) is 0 Å². The third-order valence-corrected chi connectivity index (χ3v) is 2.65. The maximum Gasteiger partial charge on any atom is 0.0933 e. The fraction of sp³-hybridized carbons (Fsp3) is 1.00. The lowest BCUT2D eigenvalue weighted by Gasteiger charge is -2.42. The lowest BCUT2D eigenvalue weighted by molar-refractivity contribution is -0.0702. The van der Waals surface area contributed by atoms with Crippen LogP contribution in [-0.4, -0.2) is 61.5 Å². The molecule has 0 radical (unpaired) electrons.